The molecule has 0 aliphatic rings. The van der Waals surface area contributed by atoms with Gasteiger partial charge in [0.1, 0.15) is 11.6 Å². The maximum Gasteiger partial charge on any atom is 0.408 e. The predicted molar refractivity (Wildman–Crippen MR) is 64.6 cm³/mol. The van der Waals surface area contributed by atoms with Crippen LogP contribution in [0.1, 0.15) is 41.5 Å². The second-order valence-corrected chi connectivity index (χ2v) is 5.97. The lowest BCUT2D eigenvalue weighted by atomic mass is 9.87. The van der Waals surface area contributed by atoms with Crippen molar-refractivity contribution >= 4 is 12.1 Å². The van der Waals surface area contributed by atoms with E-state index in [1.165, 1.54) is 7.11 Å². The van der Waals surface area contributed by atoms with E-state index in [1.54, 1.807) is 20.8 Å². The minimum atomic E-state index is -0.734. The quantitative estimate of drug-likeness (QED) is 0.757. The van der Waals surface area contributed by atoms with Crippen molar-refractivity contribution in [3.8, 4) is 0 Å². The number of alkyl carbamates (subject to hydrolysis) is 1. The Bertz CT molecular complexity index is 286. The normalized spacial score (nSPS) is 13.8. The van der Waals surface area contributed by atoms with Gasteiger partial charge in [-0.25, -0.2) is 9.59 Å². The van der Waals surface area contributed by atoms with Crippen molar-refractivity contribution in [3.63, 3.8) is 0 Å². The summed E-state index contributed by atoms with van der Waals surface area (Å²) < 4.78 is 9.76. The first kappa shape index (κ1) is 15.7. The number of hydrogen-bond donors (Lipinski definition) is 1. The first-order chi connectivity index (χ1) is 7.47. The summed E-state index contributed by atoms with van der Waals surface area (Å²) in [6.07, 6.45) is -0.622. The molecule has 1 amide bonds. The van der Waals surface area contributed by atoms with Gasteiger partial charge < -0.3 is 14.8 Å². The van der Waals surface area contributed by atoms with Crippen LogP contribution < -0.4 is 5.32 Å². The molecule has 1 N–H and O–H groups in total. The third-order valence-corrected chi connectivity index (χ3v) is 1.96. The summed E-state index contributed by atoms with van der Waals surface area (Å²) in [4.78, 5) is 23.2. The van der Waals surface area contributed by atoms with E-state index >= 15 is 0 Å². The Morgan fingerprint density at radius 1 is 1.06 bits per heavy atom. The van der Waals surface area contributed by atoms with Crippen molar-refractivity contribution < 1.29 is 19.1 Å². The van der Waals surface area contributed by atoms with Gasteiger partial charge >= 0.3 is 12.1 Å². The van der Waals surface area contributed by atoms with Crippen molar-refractivity contribution in [3.05, 3.63) is 0 Å². The van der Waals surface area contributed by atoms with E-state index in [4.69, 9.17) is 4.74 Å². The molecule has 0 aliphatic carbocycles. The molecule has 0 bridgehead atoms. The van der Waals surface area contributed by atoms with Gasteiger partial charge in [0, 0.05) is 0 Å². The molecular weight excluding hydrogens is 222 g/mol. The van der Waals surface area contributed by atoms with Crippen LogP contribution >= 0.6 is 0 Å². The number of ether oxygens (including phenoxy) is 2. The van der Waals surface area contributed by atoms with Crippen LogP contribution in [0.15, 0.2) is 0 Å². The molecule has 0 aromatic carbocycles. The maximum atomic E-state index is 11.6. The summed E-state index contributed by atoms with van der Waals surface area (Å²) in [5, 5.41) is 2.53. The minimum Gasteiger partial charge on any atom is -0.467 e. The van der Waals surface area contributed by atoms with Gasteiger partial charge in [0.05, 0.1) is 7.11 Å². The molecule has 0 radical (unpaired) electrons. The zero-order valence-electron chi connectivity index (χ0n) is 11.7. The zero-order chi connectivity index (χ0) is 13.9. The van der Waals surface area contributed by atoms with Crippen LogP contribution in [0.2, 0.25) is 0 Å². The van der Waals surface area contributed by atoms with Crippen molar-refractivity contribution in [2.24, 2.45) is 5.41 Å². The van der Waals surface area contributed by atoms with E-state index in [9.17, 15) is 9.59 Å². The lowest BCUT2D eigenvalue weighted by Crippen LogP contribution is -2.50. The Balaban J connectivity index is 4.67. The van der Waals surface area contributed by atoms with E-state index in [-0.39, 0.29) is 0 Å². The number of carbonyl (C=O) groups excluding carboxylic acids is 2. The monoisotopic (exact) mass is 245 g/mol. The number of amides is 1. The molecule has 0 aliphatic heterocycles. The maximum absolute atomic E-state index is 11.6. The Labute approximate surface area is 103 Å². The molecule has 0 saturated heterocycles. The number of carbonyl (C=O) groups is 2. The third kappa shape index (κ3) is 6.14. The highest BCUT2D eigenvalue weighted by molar-refractivity contribution is 5.82. The Morgan fingerprint density at radius 2 is 1.53 bits per heavy atom. The van der Waals surface area contributed by atoms with Gasteiger partial charge in [0.2, 0.25) is 0 Å². The second-order valence-electron chi connectivity index (χ2n) is 5.97. The highest BCUT2D eigenvalue weighted by atomic mass is 16.6. The molecule has 0 rings (SSSR count). The van der Waals surface area contributed by atoms with Crippen molar-refractivity contribution in [2.45, 2.75) is 53.2 Å². The van der Waals surface area contributed by atoms with Crippen LogP contribution in [0.4, 0.5) is 4.79 Å². The lowest BCUT2D eigenvalue weighted by Gasteiger charge is -2.30. The van der Waals surface area contributed by atoms with Gasteiger partial charge in [-0.1, -0.05) is 20.8 Å². The molecule has 0 aromatic heterocycles. The van der Waals surface area contributed by atoms with Gasteiger partial charge in [0.25, 0.3) is 0 Å². The first-order valence-corrected chi connectivity index (χ1v) is 5.54. The summed E-state index contributed by atoms with van der Waals surface area (Å²) >= 11 is 0. The van der Waals surface area contributed by atoms with Gasteiger partial charge in [0.15, 0.2) is 0 Å². The lowest BCUT2D eigenvalue weighted by molar-refractivity contribution is -0.146. The number of esters is 1. The van der Waals surface area contributed by atoms with Gasteiger partial charge in [-0.05, 0) is 26.2 Å². The standard InChI is InChI=1S/C12H23NO4/c1-11(2,3)8(9(14)16-7)13-10(15)17-12(4,5)6/h8H,1-7H3,(H,13,15)/t8-/m0/s1. The first-order valence-electron chi connectivity index (χ1n) is 5.54. The minimum absolute atomic E-state index is 0.440. The van der Waals surface area contributed by atoms with Crippen molar-refractivity contribution in [1.82, 2.24) is 5.32 Å². The second kappa shape index (κ2) is 5.38. The largest absolute Gasteiger partial charge is 0.467 e. The summed E-state index contributed by atoms with van der Waals surface area (Å²) in [5.41, 5.74) is -1.04. The molecule has 5 nitrogen and oxygen atoms in total. The molecule has 0 aromatic rings. The molecule has 0 heterocycles. The molecule has 17 heavy (non-hydrogen) atoms. The van der Waals surface area contributed by atoms with E-state index in [0.29, 0.717) is 0 Å². The molecule has 0 unspecified atom stereocenters. The Morgan fingerprint density at radius 3 is 1.82 bits per heavy atom. The summed E-state index contributed by atoms with van der Waals surface area (Å²) in [7, 11) is 1.29. The van der Waals surface area contributed by atoms with Crippen LogP contribution in [0.5, 0.6) is 0 Å². The van der Waals surface area contributed by atoms with Crippen LogP contribution in [0.3, 0.4) is 0 Å². The average molecular weight is 245 g/mol. The van der Waals surface area contributed by atoms with Crippen molar-refractivity contribution in [1.29, 1.82) is 0 Å². The van der Waals surface area contributed by atoms with Crippen molar-refractivity contribution in [2.75, 3.05) is 7.11 Å². The Kier molecular flexibility index (Phi) is 4.98. The molecule has 0 spiro atoms. The molecule has 0 saturated carbocycles. The Hall–Kier alpha value is -1.26. The number of nitrogens with one attached hydrogen (secondary N) is 1. The van der Waals surface area contributed by atoms with E-state index < -0.39 is 29.1 Å². The fourth-order valence-electron chi connectivity index (χ4n) is 1.17. The smallest absolute Gasteiger partial charge is 0.408 e. The van der Waals surface area contributed by atoms with Gasteiger partial charge in [-0.15, -0.1) is 0 Å². The van der Waals surface area contributed by atoms with Crippen LogP contribution in [0, 0.1) is 5.41 Å². The fourth-order valence-corrected chi connectivity index (χ4v) is 1.17. The van der Waals surface area contributed by atoms with Crippen LogP contribution in [-0.4, -0.2) is 30.8 Å². The molecule has 5 heteroatoms. The third-order valence-electron chi connectivity index (χ3n) is 1.96. The van der Waals surface area contributed by atoms with Crippen LogP contribution in [0.25, 0.3) is 0 Å². The summed E-state index contributed by atoms with van der Waals surface area (Å²) in [6.45, 7) is 10.8. The predicted octanol–water partition coefficient (Wildman–Crippen LogP) is 2.10. The highest BCUT2D eigenvalue weighted by Gasteiger charge is 2.34. The molecule has 0 fully saturated rings. The van der Waals surface area contributed by atoms with Crippen LogP contribution in [-0.2, 0) is 14.3 Å². The molecule has 1 atom stereocenters. The number of rotatable bonds is 2. The summed E-state index contributed by atoms with van der Waals surface area (Å²) in [5.74, 6) is -0.483. The van der Waals surface area contributed by atoms with Gasteiger partial charge in [-0.3, -0.25) is 0 Å². The SMILES string of the molecule is COC(=O)[C@H](NC(=O)OC(C)(C)C)C(C)(C)C. The van der Waals surface area contributed by atoms with E-state index in [2.05, 4.69) is 10.1 Å². The van der Waals surface area contributed by atoms with E-state index in [0.717, 1.165) is 0 Å². The van der Waals surface area contributed by atoms with Gasteiger partial charge in [-0.2, -0.15) is 0 Å². The topological polar surface area (TPSA) is 64.6 Å². The highest BCUT2D eigenvalue weighted by Crippen LogP contribution is 2.20. The molecule has 100 valence electrons. The average Bonchev–Trinajstić information content (AvgIpc) is 2.08. The molecular formula is C12H23NO4. The zero-order valence-corrected chi connectivity index (χ0v) is 11.7. The number of hydrogen-bond acceptors (Lipinski definition) is 4. The fraction of sp³-hybridized carbons (Fsp3) is 0.833. The number of methoxy groups -OCH3 is 1. The van der Waals surface area contributed by atoms with E-state index in [1.807, 2.05) is 20.8 Å². The summed E-state index contributed by atoms with van der Waals surface area (Å²) in [6, 6.07) is -0.734.